The van der Waals surface area contributed by atoms with Gasteiger partial charge in [-0.25, -0.2) is 0 Å². The highest BCUT2D eigenvalue weighted by atomic mass is 16.5. The van der Waals surface area contributed by atoms with Crippen LogP contribution >= 0.6 is 0 Å². The van der Waals surface area contributed by atoms with Crippen molar-refractivity contribution in [3.8, 4) is 0 Å². The van der Waals surface area contributed by atoms with Crippen molar-refractivity contribution in [3.05, 3.63) is 155 Å². The van der Waals surface area contributed by atoms with Gasteiger partial charge in [-0.05, 0) is 61.1 Å². The van der Waals surface area contributed by atoms with Crippen molar-refractivity contribution in [1.29, 1.82) is 0 Å². The zero-order valence-electron chi connectivity index (χ0n) is 26.5. The zero-order chi connectivity index (χ0) is 32.7. The molecule has 0 unspecified atom stereocenters. The summed E-state index contributed by atoms with van der Waals surface area (Å²) in [5, 5.41) is 8.32. The van der Waals surface area contributed by atoms with Crippen LogP contribution in [-0.4, -0.2) is 55.0 Å². The number of rotatable bonds is 12. The molecule has 10 heteroatoms. The molecule has 2 amide bonds. The Labute approximate surface area is 278 Å². The molecule has 0 spiro atoms. The predicted octanol–water partition coefficient (Wildman–Crippen LogP) is 6.31. The molecule has 2 aliphatic heterocycles. The van der Waals surface area contributed by atoms with Crippen molar-refractivity contribution < 1.29 is 18.6 Å². The molecule has 0 bridgehead atoms. The van der Waals surface area contributed by atoms with E-state index in [9.17, 15) is 9.59 Å². The first-order valence-corrected chi connectivity index (χ1v) is 16.4. The van der Waals surface area contributed by atoms with Gasteiger partial charge in [0.15, 0.2) is 11.6 Å². The summed E-state index contributed by atoms with van der Waals surface area (Å²) < 4.78 is 11.2. The second-order valence-electron chi connectivity index (χ2n) is 12.0. The number of nitrogens with zero attached hydrogens (tertiary/aromatic N) is 6. The molecule has 242 valence electrons. The second kappa shape index (κ2) is 14.4. The van der Waals surface area contributed by atoms with Crippen molar-refractivity contribution in [2.75, 3.05) is 13.1 Å². The quantitative estimate of drug-likeness (QED) is 0.146. The van der Waals surface area contributed by atoms with Gasteiger partial charge in [-0.15, -0.1) is 0 Å². The maximum absolute atomic E-state index is 13.6. The Morgan fingerprint density at radius 1 is 0.583 bits per heavy atom. The minimum Gasteiger partial charge on any atom is -0.337 e. The number of benzene rings is 3. The third-order valence-electron chi connectivity index (χ3n) is 8.70. The van der Waals surface area contributed by atoms with Crippen molar-refractivity contribution in [2.45, 2.75) is 50.6 Å². The van der Waals surface area contributed by atoms with Crippen molar-refractivity contribution in [3.63, 3.8) is 0 Å². The van der Waals surface area contributed by atoms with Crippen LogP contribution < -0.4 is 0 Å². The molecule has 4 heterocycles. The summed E-state index contributed by atoms with van der Waals surface area (Å²) in [4.78, 5) is 39.7. The molecule has 7 rings (SSSR count). The summed E-state index contributed by atoms with van der Waals surface area (Å²) in [6.45, 7) is 0.852. The van der Waals surface area contributed by atoms with Crippen LogP contribution in [0.3, 0.4) is 0 Å². The van der Waals surface area contributed by atoms with Gasteiger partial charge in [0.05, 0.1) is 0 Å². The van der Waals surface area contributed by atoms with Crippen LogP contribution in [0.25, 0.3) is 0 Å². The molecule has 0 radical (unpaired) electrons. The average molecular weight is 641 g/mol. The minimum atomic E-state index is -0.441. The lowest BCUT2D eigenvalue weighted by Gasteiger charge is -2.23. The molecule has 0 N–H and O–H groups in total. The Kier molecular flexibility index (Phi) is 9.31. The number of carbonyl (C=O) groups is 2. The van der Waals surface area contributed by atoms with Gasteiger partial charge in [0, 0.05) is 37.1 Å². The summed E-state index contributed by atoms with van der Waals surface area (Å²) in [6, 6.07) is 26.4. The van der Waals surface area contributed by atoms with E-state index in [0.717, 1.165) is 25.7 Å². The molecular weight excluding hydrogens is 604 g/mol. The molecule has 2 atom stereocenters. The van der Waals surface area contributed by atoms with E-state index in [1.807, 2.05) is 60.7 Å². The lowest BCUT2D eigenvalue weighted by molar-refractivity contribution is 0.0716. The lowest BCUT2D eigenvalue weighted by Crippen LogP contribution is -2.32. The number of hydrogen-bond donors (Lipinski definition) is 0. The second-order valence-corrected chi connectivity index (χ2v) is 12.0. The number of hydrogen-bond acceptors (Lipinski definition) is 8. The van der Waals surface area contributed by atoms with Gasteiger partial charge in [0.2, 0.25) is 0 Å². The first kappa shape index (κ1) is 31.0. The van der Waals surface area contributed by atoms with Gasteiger partial charge in [0.1, 0.15) is 12.1 Å². The highest BCUT2D eigenvalue weighted by Crippen LogP contribution is 2.30. The van der Waals surface area contributed by atoms with Crippen molar-refractivity contribution in [2.24, 2.45) is 0 Å². The molecule has 48 heavy (non-hydrogen) atoms. The lowest BCUT2D eigenvalue weighted by atomic mass is 10.1. The van der Waals surface area contributed by atoms with Gasteiger partial charge in [0.25, 0.3) is 23.6 Å². The maximum atomic E-state index is 13.6. The van der Waals surface area contributed by atoms with Crippen LogP contribution in [0.15, 0.2) is 118 Å². The van der Waals surface area contributed by atoms with E-state index in [0.29, 0.717) is 60.5 Å². The van der Waals surface area contributed by atoms with Crippen LogP contribution in [0.2, 0.25) is 0 Å². The Balaban J connectivity index is 0.944. The monoisotopic (exact) mass is 640 g/mol. The fourth-order valence-electron chi connectivity index (χ4n) is 6.15. The Morgan fingerprint density at radius 2 is 1.00 bits per heavy atom. The maximum Gasteiger partial charge on any atom is 0.255 e. The molecule has 0 saturated carbocycles. The molecule has 0 saturated heterocycles. The predicted molar refractivity (Wildman–Crippen MR) is 178 cm³/mol. The third-order valence-corrected chi connectivity index (χ3v) is 8.70. The highest BCUT2D eigenvalue weighted by Gasteiger charge is 2.33. The summed E-state index contributed by atoms with van der Waals surface area (Å²) in [6.07, 6.45) is 12.7. The first-order chi connectivity index (χ1) is 23.6. The van der Waals surface area contributed by atoms with E-state index >= 15 is 0 Å². The smallest absolute Gasteiger partial charge is 0.255 e. The Hall–Kier alpha value is -5.64. The van der Waals surface area contributed by atoms with Gasteiger partial charge < -0.3 is 18.8 Å². The van der Waals surface area contributed by atoms with E-state index in [-0.39, 0.29) is 11.8 Å². The topological polar surface area (TPSA) is 118 Å². The van der Waals surface area contributed by atoms with Gasteiger partial charge in [-0.1, -0.05) is 95.3 Å². The summed E-state index contributed by atoms with van der Waals surface area (Å²) in [5.74, 6) is 1.69. The SMILES string of the molecule is O=C(c1ccc(C(=O)N2CC=C[C@H]2c2nc(CCCc3ccccc3)no2)cc1)N1CC=C[C@H]1c1nc(CCCc2ccccc2)no1. The van der Waals surface area contributed by atoms with Crippen molar-refractivity contribution >= 4 is 11.8 Å². The molecule has 5 aromatic rings. The highest BCUT2D eigenvalue weighted by molar-refractivity contribution is 5.98. The largest absolute Gasteiger partial charge is 0.337 e. The third kappa shape index (κ3) is 7.02. The number of amides is 2. The van der Waals surface area contributed by atoms with Crippen LogP contribution in [0.5, 0.6) is 0 Å². The normalized spacial score (nSPS) is 17.0. The van der Waals surface area contributed by atoms with E-state index in [2.05, 4.69) is 44.5 Å². The Morgan fingerprint density at radius 3 is 1.42 bits per heavy atom. The van der Waals surface area contributed by atoms with Crippen LogP contribution in [-0.2, 0) is 25.7 Å². The zero-order valence-corrected chi connectivity index (χ0v) is 26.5. The fourth-order valence-corrected chi connectivity index (χ4v) is 6.15. The van der Waals surface area contributed by atoms with Gasteiger partial charge in [-0.3, -0.25) is 9.59 Å². The van der Waals surface area contributed by atoms with E-state index in [4.69, 9.17) is 9.05 Å². The number of aromatic nitrogens is 4. The molecule has 0 aliphatic carbocycles. The number of aryl methyl sites for hydroxylation is 4. The summed E-state index contributed by atoms with van der Waals surface area (Å²) in [5.41, 5.74) is 3.48. The summed E-state index contributed by atoms with van der Waals surface area (Å²) in [7, 11) is 0. The Bertz CT molecular complexity index is 1760. The van der Waals surface area contributed by atoms with E-state index in [1.165, 1.54) is 11.1 Å². The van der Waals surface area contributed by atoms with Crippen molar-refractivity contribution in [1.82, 2.24) is 30.1 Å². The van der Waals surface area contributed by atoms with Crippen LogP contribution in [0.4, 0.5) is 0 Å². The van der Waals surface area contributed by atoms with Gasteiger partial charge in [-0.2, -0.15) is 9.97 Å². The fraction of sp³-hybridized carbons (Fsp3) is 0.263. The first-order valence-electron chi connectivity index (χ1n) is 16.4. The van der Waals surface area contributed by atoms with E-state index < -0.39 is 12.1 Å². The molecule has 10 nitrogen and oxygen atoms in total. The van der Waals surface area contributed by atoms with Crippen LogP contribution in [0.1, 0.15) is 80.2 Å². The van der Waals surface area contributed by atoms with Gasteiger partial charge >= 0.3 is 0 Å². The molecule has 2 aliphatic rings. The average Bonchev–Trinajstić information content (AvgIpc) is 3.96. The molecule has 3 aromatic carbocycles. The number of carbonyl (C=O) groups excluding carboxylic acids is 2. The van der Waals surface area contributed by atoms with Crippen LogP contribution in [0, 0.1) is 0 Å². The summed E-state index contributed by atoms with van der Waals surface area (Å²) >= 11 is 0. The molecule has 2 aromatic heterocycles. The molecule has 0 fully saturated rings. The standard InChI is InChI=1S/C38H36N6O4/c45-37(43-25-9-17-31(43)35-39-33(41-47-35)19-7-15-27-11-3-1-4-12-27)29-21-23-30(24-22-29)38(46)44-26-10-18-32(44)36-40-34(42-48-36)20-8-16-28-13-5-2-6-14-28/h1-6,9-14,17-18,21-24,31-32H,7-8,15-16,19-20,25-26H2/t31-,32-/m0/s1. The van der Waals surface area contributed by atoms with E-state index in [1.54, 1.807) is 34.1 Å². The minimum absolute atomic E-state index is 0.181. The molecular formula is C38H36N6O4.